The molecule has 0 bridgehead atoms. The highest BCUT2D eigenvalue weighted by atomic mass is 35.5. The Morgan fingerprint density at radius 2 is 2.11 bits per heavy atom. The van der Waals surface area contributed by atoms with Crippen LogP contribution in [0.5, 0.6) is 0 Å². The Bertz CT molecular complexity index is 302. The van der Waals surface area contributed by atoms with E-state index in [0.29, 0.717) is 32.4 Å². The molecule has 18 heavy (non-hydrogen) atoms. The number of rotatable bonds is 4. The highest BCUT2D eigenvalue weighted by Gasteiger charge is 2.36. The molecule has 0 aromatic carbocycles. The lowest BCUT2D eigenvalue weighted by Crippen LogP contribution is -2.44. The first-order valence-electron chi connectivity index (χ1n) is 6.14. The molecular formula is C12H24ClN3O2. The van der Waals surface area contributed by atoms with E-state index in [1.165, 1.54) is 0 Å². The number of hydrogen-bond donors (Lipinski definition) is 2. The van der Waals surface area contributed by atoms with E-state index in [2.05, 4.69) is 5.32 Å². The van der Waals surface area contributed by atoms with Crippen LogP contribution in [0.3, 0.4) is 0 Å². The van der Waals surface area contributed by atoms with Crippen molar-refractivity contribution < 1.29 is 9.59 Å². The summed E-state index contributed by atoms with van der Waals surface area (Å²) in [5.74, 6) is 0.102. The summed E-state index contributed by atoms with van der Waals surface area (Å²) in [5, 5.41) is 2.89. The maximum Gasteiger partial charge on any atom is 0.225 e. The zero-order valence-electron chi connectivity index (χ0n) is 11.4. The van der Waals surface area contributed by atoms with Crippen molar-refractivity contribution in [2.24, 2.45) is 5.73 Å². The Morgan fingerprint density at radius 1 is 1.50 bits per heavy atom. The monoisotopic (exact) mass is 277 g/mol. The first kappa shape index (κ1) is 17.2. The molecule has 1 fully saturated rings. The molecule has 1 rings (SSSR count). The number of likely N-dealkylation sites (tertiary alicyclic amines) is 1. The fourth-order valence-corrected chi connectivity index (χ4v) is 2.01. The van der Waals surface area contributed by atoms with E-state index >= 15 is 0 Å². The van der Waals surface area contributed by atoms with Gasteiger partial charge in [-0.3, -0.25) is 9.59 Å². The van der Waals surface area contributed by atoms with Gasteiger partial charge in [-0.25, -0.2) is 0 Å². The number of nitrogens with two attached hydrogens (primary N) is 1. The number of nitrogens with zero attached hydrogens (tertiary/aromatic N) is 1. The molecule has 0 aliphatic carbocycles. The van der Waals surface area contributed by atoms with Crippen molar-refractivity contribution in [1.82, 2.24) is 10.2 Å². The van der Waals surface area contributed by atoms with Crippen LogP contribution in [0.15, 0.2) is 0 Å². The van der Waals surface area contributed by atoms with E-state index in [0.717, 1.165) is 0 Å². The Labute approximate surface area is 115 Å². The molecule has 3 N–H and O–H groups in total. The van der Waals surface area contributed by atoms with Crippen molar-refractivity contribution in [2.75, 3.05) is 13.1 Å². The van der Waals surface area contributed by atoms with Crippen molar-refractivity contribution in [3.8, 4) is 0 Å². The Morgan fingerprint density at radius 3 is 2.56 bits per heavy atom. The molecule has 1 heterocycles. The van der Waals surface area contributed by atoms with Gasteiger partial charge in [0, 0.05) is 24.9 Å². The van der Waals surface area contributed by atoms with E-state index in [9.17, 15) is 9.59 Å². The molecule has 0 radical (unpaired) electrons. The van der Waals surface area contributed by atoms with Crippen LogP contribution in [0.2, 0.25) is 0 Å². The second-order valence-corrected chi connectivity index (χ2v) is 5.54. The predicted octanol–water partition coefficient (Wildman–Crippen LogP) is 0.663. The summed E-state index contributed by atoms with van der Waals surface area (Å²) in [6, 6.07) is -0.0491. The Hall–Kier alpha value is -0.810. The molecule has 1 unspecified atom stereocenters. The van der Waals surface area contributed by atoms with Crippen molar-refractivity contribution in [3.63, 3.8) is 0 Å². The summed E-state index contributed by atoms with van der Waals surface area (Å²) in [6.07, 6.45) is 1.54. The van der Waals surface area contributed by atoms with Crippen LogP contribution in [0.1, 0.15) is 40.0 Å². The molecule has 1 aliphatic rings. The van der Waals surface area contributed by atoms with Crippen molar-refractivity contribution in [2.45, 2.75) is 51.6 Å². The minimum absolute atomic E-state index is 0. The van der Waals surface area contributed by atoms with E-state index in [1.54, 1.807) is 0 Å². The minimum Gasteiger partial charge on any atom is -0.351 e. The Kier molecular flexibility index (Phi) is 6.63. The molecule has 0 aromatic heterocycles. The molecule has 2 amide bonds. The van der Waals surface area contributed by atoms with E-state index in [4.69, 9.17) is 5.73 Å². The number of carbonyl (C=O) groups is 2. The third kappa shape index (κ3) is 4.82. The molecule has 106 valence electrons. The average Bonchev–Trinajstić information content (AvgIpc) is 2.56. The SMILES string of the molecule is CC(C)(C)N1CC(NC(=O)CCCN)CC1=O.Cl. The summed E-state index contributed by atoms with van der Waals surface area (Å²) in [5.41, 5.74) is 5.17. The summed E-state index contributed by atoms with van der Waals surface area (Å²) in [4.78, 5) is 25.1. The fourth-order valence-electron chi connectivity index (χ4n) is 2.01. The normalized spacial score (nSPS) is 19.7. The Balaban J connectivity index is 0.00000289. The standard InChI is InChI=1S/C12H23N3O2.ClH/c1-12(2,3)15-8-9(7-11(15)17)14-10(16)5-4-6-13;/h9H,4-8,13H2,1-3H3,(H,14,16);1H. The highest BCUT2D eigenvalue weighted by molar-refractivity contribution is 5.85. The quantitative estimate of drug-likeness (QED) is 0.793. The van der Waals surface area contributed by atoms with Gasteiger partial charge in [0.05, 0.1) is 6.04 Å². The van der Waals surface area contributed by atoms with Crippen LogP contribution < -0.4 is 11.1 Å². The predicted molar refractivity (Wildman–Crippen MR) is 73.6 cm³/mol. The van der Waals surface area contributed by atoms with Crippen LogP contribution >= 0.6 is 12.4 Å². The summed E-state index contributed by atoms with van der Waals surface area (Å²) < 4.78 is 0. The second-order valence-electron chi connectivity index (χ2n) is 5.54. The number of nitrogens with one attached hydrogen (secondary N) is 1. The lowest BCUT2D eigenvalue weighted by molar-refractivity contribution is -0.131. The molecule has 0 spiro atoms. The van der Waals surface area contributed by atoms with Crippen LogP contribution in [0.4, 0.5) is 0 Å². The van der Waals surface area contributed by atoms with Gasteiger partial charge in [-0.05, 0) is 33.7 Å². The lowest BCUT2D eigenvalue weighted by atomic mass is 10.1. The molecule has 1 aliphatic heterocycles. The third-order valence-corrected chi connectivity index (χ3v) is 2.91. The zero-order valence-corrected chi connectivity index (χ0v) is 12.2. The van der Waals surface area contributed by atoms with Crippen LogP contribution in [-0.2, 0) is 9.59 Å². The minimum atomic E-state index is -0.173. The molecule has 6 heteroatoms. The highest BCUT2D eigenvalue weighted by Crippen LogP contribution is 2.21. The largest absolute Gasteiger partial charge is 0.351 e. The number of carbonyl (C=O) groups excluding carboxylic acids is 2. The maximum absolute atomic E-state index is 11.8. The third-order valence-electron chi connectivity index (χ3n) is 2.91. The summed E-state index contributed by atoms with van der Waals surface area (Å²) >= 11 is 0. The van der Waals surface area contributed by atoms with Gasteiger partial charge in [-0.15, -0.1) is 12.4 Å². The van der Waals surface area contributed by atoms with Gasteiger partial charge in [-0.2, -0.15) is 0 Å². The first-order chi connectivity index (χ1) is 7.84. The van der Waals surface area contributed by atoms with Crippen molar-refractivity contribution in [1.29, 1.82) is 0 Å². The van der Waals surface area contributed by atoms with Crippen LogP contribution in [0.25, 0.3) is 0 Å². The molecule has 1 saturated heterocycles. The molecular weight excluding hydrogens is 254 g/mol. The van der Waals surface area contributed by atoms with E-state index in [-0.39, 0.29) is 35.8 Å². The van der Waals surface area contributed by atoms with Crippen molar-refractivity contribution >= 4 is 24.2 Å². The van der Waals surface area contributed by atoms with Gasteiger partial charge in [0.2, 0.25) is 11.8 Å². The molecule has 0 saturated carbocycles. The van der Waals surface area contributed by atoms with Gasteiger partial charge in [0.15, 0.2) is 0 Å². The molecule has 1 atom stereocenters. The average molecular weight is 278 g/mol. The fraction of sp³-hybridized carbons (Fsp3) is 0.833. The number of hydrogen-bond acceptors (Lipinski definition) is 3. The van der Waals surface area contributed by atoms with Crippen molar-refractivity contribution in [3.05, 3.63) is 0 Å². The number of amides is 2. The van der Waals surface area contributed by atoms with Gasteiger partial charge in [0.25, 0.3) is 0 Å². The summed E-state index contributed by atoms with van der Waals surface area (Å²) in [7, 11) is 0. The van der Waals surface area contributed by atoms with E-state index in [1.807, 2.05) is 25.7 Å². The second kappa shape index (κ2) is 6.95. The first-order valence-corrected chi connectivity index (χ1v) is 6.14. The zero-order chi connectivity index (χ0) is 13.1. The van der Waals surface area contributed by atoms with Crippen LogP contribution in [0, 0.1) is 0 Å². The smallest absolute Gasteiger partial charge is 0.225 e. The van der Waals surface area contributed by atoms with Gasteiger partial charge >= 0.3 is 0 Å². The summed E-state index contributed by atoms with van der Waals surface area (Å²) in [6.45, 7) is 7.14. The van der Waals surface area contributed by atoms with E-state index < -0.39 is 0 Å². The number of halogens is 1. The van der Waals surface area contributed by atoms with Gasteiger partial charge < -0.3 is 16.0 Å². The molecule has 0 aromatic rings. The maximum atomic E-state index is 11.8. The van der Waals surface area contributed by atoms with Crippen LogP contribution in [-0.4, -0.2) is 41.4 Å². The van der Waals surface area contributed by atoms with Gasteiger partial charge in [-0.1, -0.05) is 0 Å². The topological polar surface area (TPSA) is 75.4 Å². The molecule has 5 nitrogen and oxygen atoms in total. The van der Waals surface area contributed by atoms with Gasteiger partial charge in [0.1, 0.15) is 0 Å². The lowest BCUT2D eigenvalue weighted by Gasteiger charge is -2.32.